The largest absolute Gasteiger partial charge is 0.378 e. The second-order valence-corrected chi connectivity index (χ2v) is 6.25. The van der Waals surface area contributed by atoms with Crippen molar-refractivity contribution in [2.24, 2.45) is 0 Å². The molecule has 0 spiro atoms. The Bertz CT molecular complexity index is 204. The predicted octanol–water partition coefficient (Wildman–Crippen LogP) is 3.11. The molecule has 0 amide bonds. The van der Waals surface area contributed by atoms with E-state index in [-0.39, 0.29) is 0 Å². The van der Waals surface area contributed by atoms with Crippen molar-refractivity contribution in [2.75, 3.05) is 39.0 Å². The molecule has 13 heavy (non-hydrogen) atoms. The van der Waals surface area contributed by atoms with E-state index >= 15 is 0 Å². The summed E-state index contributed by atoms with van der Waals surface area (Å²) >= 11 is 0. The molecule has 74 valence electrons. The first-order valence-electron chi connectivity index (χ1n) is 4.37. The summed E-state index contributed by atoms with van der Waals surface area (Å²) in [5, 5.41) is 0. The second kappa shape index (κ2) is 6.91. The second-order valence-electron chi connectivity index (χ2n) is 3.57. The van der Waals surface area contributed by atoms with E-state index in [1.54, 1.807) is 0 Å². The molecule has 0 heterocycles. The standard InChI is InChI=1S/C8H11N.C3H9P/c1-9(2)8-6-4-3-5-7-8;1-4(2)3/h3-7H,1-2H3;1-3H3. The number of para-hydroxylation sites is 1. The van der Waals surface area contributed by atoms with E-state index < -0.39 is 0 Å². The van der Waals surface area contributed by atoms with Crippen molar-refractivity contribution >= 4 is 13.6 Å². The molecule has 0 bridgehead atoms. The highest BCUT2D eigenvalue weighted by Crippen LogP contribution is 2.14. The van der Waals surface area contributed by atoms with Gasteiger partial charge in [-0.3, -0.25) is 0 Å². The van der Waals surface area contributed by atoms with Gasteiger partial charge in [-0.05, 0) is 32.1 Å². The van der Waals surface area contributed by atoms with Crippen molar-refractivity contribution < 1.29 is 0 Å². The van der Waals surface area contributed by atoms with Gasteiger partial charge in [-0.25, -0.2) is 0 Å². The van der Waals surface area contributed by atoms with Gasteiger partial charge in [-0.2, -0.15) is 0 Å². The number of nitrogens with zero attached hydrogens (tertiary/aromatic N) is 1. The average molecular weight is 197 g/mol. The number of rotatable bonds is 1. The Kier molecular flexibility index (Phi) is 6.62. The Labute approximate surface area is 83.5 Å². The van der Waals surface area contributed by atoms with Gasteiger partial charge in [-0.1, -0.05) is 18.2 Å². The van der Waals surface area contributed by atoms with Crippen molar-refractivity contribution in [1.82, 2.24) is 0 Å². The molecule has 0 aliphatic carbocycles. The highest BCUT2D eigenvalue weighted by Gasteiger charge is 1.87. The summed E-state index contributed by atoms with van der Waals surface area (Å²) in [5.41, 5.74) is 1.25. The Morgan fingerprint density at radius 3 is 1.54 bits per heavy atom. The lowest BCUT2D eigenvalue weighted by Gasteiger charge is -2.10. The monoisotopic (exact) mass is 197 g/mol. The Morgan fingerprint density at radius 2 is 1.31 bits per heavy atom. The minimum absolute atomic E-state index is 0.380. The third kappa shape index (κ3) is 7.80. The van der Waals surface area contributed by atoms with Crippen molar-refractivity contribution in [1.29, 1.82) is 0 Å². The van der Waals surface area contributed by atoms with E-state index in [1.807, 2.05) is 32.3 Å². The topological polar surface area (TPSA) is 3.24 Å². The highest BCUT2D eigenvalue weighted by atomic mass is 31.1. The molecule has 0 aromatic heterocycles. The van der Waals surface area contributed by atoms with E-state index in [4.69, 9.17) is 0 Å². The molecule has 1 nitrogen and oxygen atoms in total. The van der Waals surface area contributed by atoms with Crippen molar-refractivity contribution in [3.05, 3.63) is 30.3 Å². The smallest absolute Gasteiger partial charge is 0.0360 e. The lowest BCUT2D eigenvalue weighted by Crippen LogP contribution is -2.07. The van der Waals surface area contributed by atoms with Crippen LogP contribution in [0.15, 0.2) is 30.3 Å². The fourth-order valence-corrected chi connectivity index (χ4v) is 0.726. The molecule has 0 unspecified atom stereocenters. The van der Waals surface area contributed by atoms with Crippen LogP contribution >= 0.6 is 7.92 Å². The third-order valence-electron chi connectivity index (χ3n) is 1.27. The quantitative estimate of drug-likeness (QED) is 0.625. The van der Waals surface area contributed by atoms with Crippen LogP contribution in [0.2, 0.25) is 0 Å². The molecule has 0 aliphatic heterocycles. The summed E-state index contributed by atoms with van der Waals surface area (Å²) in [6.45, 7) is 6.69. The molecule has 2 heteroatoms. The summed E-state index contributed by atoms with van der Waals surface area (Å²) in [6.07, 6.45) is 0. The van der Waals surface area contributed by atoms with Crippen LogP contribution in [0, 0.1) is 0 Å². The molecular formula is C11H20NP. The maximum absolute atomic E-state index is 2.23. The molecule has 0 aliphatic rings. The molecule has 0 N–H and O–H groups in total. The lowest BCUT2D eigenvalue weighted by atomic mass is 10.3. The number of anilines is 1. The summed E-state index contributed by atoms with van der Waals surface area (Å²) in [7, 11) is 4.45. The molecular weight excluding hydrogens is 177 g/mol. The van der Waals surface area contributed by atoms with Crippen LogP contribution in [-0.2, 0) is 0 Å². The van der Waals surface area contributed by atoms with E-state index in [0.29, 0.717) is 7.92 Å². The normalized spacial score (nSPS) is 9.08. The number of benzene rings is 1. The Hall–Kier alpha value is -0.550. The minimum atomic E-state index is 0.380. The molecule has 0 radical (unpaired) electrons. The molecule has 1 aromatic rings. The first kappa shape index (κ1) is 12.4. The van der Waals surface area contributed by atoms with Gasteiger partial charge in [0.1, 0.15) is 0 Å². The van der Waals surface area contributed by atoms with Crippen LogP contribution in [-0.4, -0.2) is 34.1 Å². The zero-order valence-corrected chi connectivity index (χ0v) is 10.2. The average Bonchev–Trinajstić information content (AvgIpc) is 2.05. The zero-order chi connectivity index (χ0) is 10.3. The molecule has 1 aromatic carbocycles. The maximum Gasteiger partial charge on any atom is 0.0360 e. The van der Waals surface area contributed by atoms with Gasteiger partial charge < -0.3 is 4.90 Å². The minimum Gasteiger partial charge on any atom is -0.378 e. The van der Waals surface area contributed by atoms with Crippen LogP contribution in [0.5, 0.6) is 0 Å². The van der Waals surface area contributed by atoms with Crippen LogP contribution in [0.4, 0.5) is 5.69 Å². The highest BCUT2D eigenvalue weighted by molar-refractivity contribution is 7.55. The van der Waals surface area contributed by atoms with Gasteiger partial charge in [0.2, 0.25) is 0 Å². The van der Waals surface area contributed by atoms with Gasteiger partial charge in [0.25, 0.3) is 0 Å². The van der Waals surface area contributed by atoms with Crippen molar-refractivity contribution in [2.45, 2.75) is 0 Å². The van der Waals surface area contributed by atoms with Crippen LogP contribution < -0.4 is 4.90 Å². The SMILES string of the molecule is CN(C)c1ccccc1.CP(C)C. The first-order chi connectivity index (χ1) is 6.04. The molecule has 0 atom stereocenters. The van der Waals surface area contributed by atoms with Gasteiger partial charge in [0.05, 0.1) is 0 Å². The zero-order valence-electron chi connectivity index (χ0n) is 9.28. The maximum atomic E-state index is 2.23. The fourth-order valence-electron chi connectivity index (χ4n) is 0.726. The van der Waals surface area contributed by atoms with E-state index in [9.17, 15) is 0 Å². The molecule has 1 rings (SSSR count). The van der Waals surface area contributed by atoms with E-state index in [0.717, 1.165) is 0 Å². The fraction of sp³-hybridized carbons (Fsp3) is 0.455. The van der Waals surface area contributed by atoms with Crippen molar-refractivity contribution in [3.63, 3.8) is 0 Å². The van der Waals surface area contributed by atoms with Crippen LogP contribution in [0.25, 0.3) is 0 Å². The lowest BCUT2D eigenvalue weighted by molar-refractivity contribution is 1.13. The summed E-state index contributed by atoms with van der Waals surface area (Å²) in [6, 6.07) is 10.3. The van der Waals surface area contributed by atoms with Crippen molar-refractivity contribution in [3.8, 4) is 0 Å². The molecule has 0 saturated carbocycles. The third-order valence-corrected chi connectivity index (χ3v) is 1.27. The van der Waals surface area contributed by atoms with Gasteiger partial charge >= 0.3 is 0 Å². The van der Waals surface area contributed by atoms with Crippen LogP contribution in [0.3, 0.4) is 0 Å². The predicted molar refractivity (Wildman–Crippen MR) is 65.5 cm³/mol. The Balaban J connectivity index is 0.000000310. The first-order valence-corrected chi connectivity index (χ1v) is 7.05. The van der Waals surface area contributed by atoms with Crippen LogP contribution in [0.1, 0.15) is 0 Å². The summed E-state index contributed by atoms with van der Waals surface area (Å²) < 4.78 is 0. The number of hydrogen-bond donors (Lipinski definition) is 0. The van der Waals surface area contributed by atoms with Gasteiger partial charge in [0.15, 0.2) is 0 Å². The summed E-state index contributed by atoms with van der Waals surface area (Å²) in [5.74, 6) is 0. The number of hydrogen-bond acceptors (Lipinski definition) is 1. The molecule has 0 saturated heterocycles. The van der Waals surface area contributed by atoms with E-state index in [2.05, 4.69) is 37.0 Å². The summed E-state index contributed by atoms with van der Waals surface area (Å²) in [4.78, 5) is 2.08. The van der Waals surface area contributed by atoms with Gasteiger partial charge in [0, 0.05) is 19.8 Å². The Morgan fingerprint density at radius 1 is 0.923 bits per heavy atom. The molecule has 0 fully saturated rings. The van der Waals surface area contributed by atoms with E-state index in [1.165, 1.54) is 5.69 Å². The van der Waals surface area contributed by atoms with Gasteiger partial charge in [-0.15, -0.1) is 7.92 Å².